The van der Waals surface area contributed by atoms with Crippen molar-refractivity contribution in [3.63, 3.8) is 0 Å². The maximum atomic E-state index is 6.37. The molecule has 0 aromatic heterocycles. The molecule has 120 valence electrons. The first-order valence-corrected chi connectivity index (χ1v) is 10.4. The molecule has 3 rings (SSSR count). The molecule has 1 saturated heterocycles. The van der Waals surface area contributed by atoms with E-state index < -0.39 is 0 Å². The second-order valence-corrected chi connectivity index (χ2v) is 8.09. The minimum absolute atomic E-state index is 0.648. The Kier molecular flexibility index (Phi) is 6.25. The van der Waals surface area contributed by atoms with E-state index in [1.165, 1.54) is 10.7 Å². The first-order chi connectivity index (χ1) is 11.3. The van der Waals surface area contributed by atoms with E-state index in [-0.39, 0.29) is 0 Å². The largest absolute Gasteiger partial charge is 0.307 e. The van der Waals surface area contributed by atoms with Crippen LogP contribution in [0, 0.1) is 0 Å². The molecule has 0 bridgehead atoms. The number of nitrogens with one attached hydrogen (secondary N) is 1. The summed E-state index contributed by atoms with van der Waals surface area (Å²) in [5.41, 5.74) is 2.48. The van der Waals surface area contributed by atoms with Crippen molar-refractivity contribution in [1.29, 1.82) is 0 Å². The van der Waals surface area contributed by atoms with Crippen molar-refractivity contribution in [3.8, 4) is 0 Å². The molecule has 1 fully saturated rings. The second kappa shape index (κ2) is 8.40. The Balaban J connectivity index is 1.88. The lowest BCUT2D eigenvalue weighted by Crippen LogP contribution is -2.27. The molecule has 1 N–H and O–H groups in total. The molecule has 1 unspecified atom stereocenters. The molecule has 0 radical (unpaired) electrons. The van der Waals surface area contributed by atoms with Gasteiger partial charge in [-0.1, -0.05) is 82.7 Å². The highest BCUT2D eigenvalue weighted by Crippen LogP contribution is 2.23. The number of hydrogen-bond donors (Lipinski definition) is 1. The summed E-state index contributed by atoms with van der Waals surface area (Å²) in [4.78, 5) is 0. The SMILES string of the molecule is Clc1ccccc1C[N+](Cc1ccccc1)=C1NCC(CI)S1. The Morgan fingerprint density at radius 2 is 1.83 bits per heavy atom. The molecular weight excluding hydrogens is 439 g/mol. The predicted octanol–water partition coefficient (Wildman–Crippen LogP) is 4.55. The van der Waals surface area contributed by atoms with Crippen LogP contribution in [-0.2, 0) is 13.1 Å². The fourth-order valence-electron chi connectivity index (χ4n) is 2.55. The number of rotatable bonds is 5. The Morgan fingerprint density at radius 3 is 2.52 bits per heavy atom. The van der Waals surface area contributed by atoms with Gasteiger partial charge in [-0.05, 0) is 23.4 Å². The summed E-state index contributed by atoms with van der Waals surface area (Å²) in [6.45, 7) is 2.74. The zero-order chi connectivity index (χ0) is 16.1. The van der Waals surface area contributed by atoms with E-state index in [0.29, 0.717) is 5.25 Å². The smallest absolute Gasteiger partial charge is 0.268 e. The van der Waals surface area contributed by atoms with Crippen LogP contribution in [-0.4, -0.2) is 26.0 Å². The summed E-state index contributed by atoms with van der Waals surface area (Å²) in [5, 5.41) is 6.32. The van der Waals surface area contributed by atoms with Crippen LogP contribution in [0.4, 0.5) is 0 Å². The normalized spacial score (nSPS) is 19.5. The molecule has 0 spiro atoms. The Morgan fingerprint density at radius 1 is 1.09 bits per heavy atom. The molecule has 2 nitrogen and oxygen atoms in total. The lowest BCUT2D eigenvalue weighted by molar-refractivity contribution is -0.558. The number of nitrogens with zero attached hydrogens (tertiary/aromatic N) is 1. The lowest BCUT2D eigenvalue weighted by atomic mass is 10.2. The number of halogens is 2. The van der Waals surface area contributed by atoms with Crippen molar-refractivity contribution in [2.45, 2.75) is 18.3 Å². The molecule has 1 atom stereocenters. The van der Waals surface area contributed by atoms with Gasteiger partial charge < -0.3 is 0 Å². The first kappa shape index (κ1) is 17.1. The third-order valence-corrected chi connectivity index (χ3v) is 7.08. The third-order valence-electron chi connectivity index (χ3n) is 3.75. The molecule has 5 heteroatoms. The lowest BCUT2D eigenvalue weighted by Gasteiger charge is -2.11. The van der Waals surface area contributed by atoms with Crippen LogP contribution in [0.15, 0.2) is 54.6 Å². The molecule has 2 aromatic carbocycles. The van der Waals surface area contributed by atoms with Crippen LogP contribution in [0.25, 0.3) is 0 Å². The van der Waals surface area contributed by atoms with Gasteiger partial charge >= 0.3 is 5.17 Å². The minimum atomic E-state index is 0.648. The molecule has 0 amide bonds. The number of thioether (sulfide) groups is 1. The van der Waals surface area contributed by atoms with Gasteiger partial charge in [0.15, 0.2) is 0 Å². The van der Waals surface area contributed by atoms with Crippen LogP contribution in [0.5, 0.6) is 0 Å². The van der Waals surface area contributed by atoms with Gasteiger partial charge in [0, 0.05) is 15.0 Å². The van der Waals surface area contributed by atoms with Crippen LogP contribution in [0.1, 0.15) is 11.1 Å². The van der Waals surface area contributed by atoms with Crippen LogP contribution in [0.2, 0.25) is 5.02 Å². The van der Waals surface area contributed by atoms with Crippen LogP contribution >= 0.6 is 46.0 Å². The van der Waals surface area contributed by atoms with E-state index in [0.717, 1.165) is 34.6 Å². The van der Waals surface area contributed by atoms with Crippen molar-refractivity contribution >= 4 is 51.1 Å². The van der Waals surface area contributed by atoms with E-state index in [1.807, 2.05) is 23.9 Å². The van der Waals surface area contributed by atoms with Gasteiger partial charge in [-0.15, -0.1) is 0 Å². The summed E-state index contributed by atoms with van der Waals surface area (Å²) >= 11 is 10.8. The van der Waals surface area contributed by atoms with E-state index in [9.17, 15) is 0 Å². The Hall–Kier alpha value is -0.720. The van der Waals surface area contributed by atoms with E-state index in [1.54, 1.807) is 0 Å². The summed E-state index contributed by atoms with van der Waals surface area (Å²) in [7, 11) is 0. The molecule has 0 aliphatic carbocycles. The van der Waals surface area contributed by atoms with Gasteiger partial charge in [-0.25, -0.2) is 4.58 Å². The van der Waals surface area contributed by atoms with Crippen molar-refractivity contribution < 1.29 is 4.58 Å². The molecular formula is C18H19ClIN2S+. The molecule has 2 aromatic rings. The van der Waals surface area contributed by atoms with Gasteiger partial charge in [-0.3, -0.25) is 5.32 Å². The van der Waals surface area contributed by atoms with Crippen molar-refractivity contribution in [2.24, 2.45) is 0 Å². The zero-order valence-electron chi connectivity index (χ0n) is 12.7. The standard InChI is InChI=1S/C18H18ClIN2S/c19-17-9-5-4-8-15(17)13-22(12-14-6-2-1-3-7-14)18-21-11-16(10-20)23-18/h1-9,16H,10-13H2/p+1. The van der Waals surface area contributed by atoms with Gasteiger partial charge in [0.25, 0.3) is 0 Å². The maximum absolute atomic E-state index is 6.37. The Labute approximate surface area is 160 Å². The predicted molar refractivity (Wildman–Crippen MR) is 109 cm³/mol. The molecule has 1 heterocycles. The quantitative estimate of drug-likeness (QED) is 0.402. The highest BCUT2D eigenvalue weighted by atomic mass is 127. The monoisotopic (exact) mass is 457 g/mol. The fraction of sp³-hybridized carbons (Fsp3) is 0.278. The molecule has 23 heavy (non-hydrogen) atoms. The fourth-order valence-corrected chi connectivity index (χ4v) is 4.59. The summed E-state index contributed by atoms with van der Waals surface area (Å²) in [6, 6.07) is 18.7. The van der Waals surface area contributed by atoms with Gasteiger partial charge in [0.05, 0.1) is 11.8 Å². The average Bonchev–Trinajstić information content (AvgIpc) is 3.06. The number of benzene rings is 2. The topological polar surface area (TPSA) is 15.0 Å². The number of alkyl halides is 1. The van der Waals surface area contributed by atoms with Crippen molar-refractivity contribution in [1.82, 2.24) is 5.32 Å². The number of hydrogen-bond acceptors (Lipinski definition) is 1. The first-order valence-electron chi connectivity index (χ1n) is 7.62. The highest BCUT2D eigenvalue weighted by Gasteiger charge is 2.28. The zero-order valence-corrected chi connectivity index (χ0v) is 16.4. The van der Waals surface area contributed by atoms with Gasteiger partial charge in [0.2, 0.25) is 0 Å². The average molecular weight is 458 g/mol. The second-order valence-electron chi connectivity index (χ2n) is 5.51. The maximum Gasteiger partial charge on any atom is 0.307 e. The highest BCUT2D eigenvalue weighted by molar-refractivity contribution is 14.1. The third kappa shape index (κ3) is 4.64. The van der Waals surface area contributed by atoms with Crippen LogP contribution < -0.4 is 5.32 Å². The Bertz CT molecular complexity index is 690. The van der Waals surface area contributed by atoms with E-state index in [2.05, 4.69) is 74.9 Å². The molecule has 0 saturated carbocycles. The van der Waals surface area contributed by atoms with Gasteiger partial charge in [0.1, 0.15) is 13.1 Å². The van der Waals surface area contributed by atoms with E-state index >= 15 is 0 Å². The van der Waals surface area contributed by atoms with Crippen molar-refractivity contribution in [2.75, 3.05) is 11.0 Å². The van der Waals surface area contributed by atoms with E-state index in [4.69, 9.17) is 11.6 Å². The van der Waals surface area contributed by atoms with Crippen molar-refractivity contribution in [3.05, 3.63) is 70.7 Å². The molecule has 1 aliphatic rings. The molecule has 1 aliphatic heterocycles. The van der Waals surface area contributed by atoms with Gasteiger partial charge in [-0.2, -0.15) is 0 Å². The number of amidine groups is 1. The summed E-state index contributed by atoms with van der Waals surface area (Å²) in [6.07, 6.45) is 0. The minimum Gasteiger partial charge on any atom is -0.268 e. The van der Waals surface area contributed by atoms with Crippen LogP contribution in [0.3, 0.4) is 0 Å². The summed E-state index contributed by atoms with van der Waals surface area (Å²) in [5.74, 6) is 0. The summed E-state index contributed by atoms with van der Waals surface area (Å²) < 4.78 is 3.55.